The third-order valence-corrected chi connectivity index (χ3v) is 2.29. The molecule has 0 bridgehead atoms. The lowest BCUT2D eigenvalue weighted by Crippen LogP contribution is -1.94. The Labute approximate surface area is 99.1 Å². The second-order valence-electron chi connectivity index (χ2n) is 2.88. The van der Waals surface area contributed by atoms with Crippen molar-refractivity contribution >= 4 is 15.9 Å². The molecule has 80 valence electrons. The lowest BCUT2D eigenvalue weighted by Gasteiger charge is -2.00. The summed E-state index contributed by atoms with van der Waals surface area (Å²) in [5.41, 5.74) is 2.10. The second-order valence-corrected chi connectivity index (χ2v) is 3.80. The van der Waals surface area contributed by atoms with Gasteiger partial charge >= 0.3 is 0 Å². The van der Waals surface area contributed by atoms with Gasteiger partial charge in [0, 0.05) is 10.7 Å². The fraction of sp³-hybridized carbons (Fsp3) is 0.250. The quantitative estimate of drug-likeness (QED) is 0.764. The van der Waals surface area contributed by atoms with Crippen LogP contribution < -0.4 is 0 Å². The Kier molecular flexibility index (Phi) is 4.56. The lowest BCUT2D eigenvalue weighted by molar-refractivity contribution is 0.862. The van der Waals surface area contributed by atoms with Crippen LogP contribution >= 0.6 is 15.9 Å². The molecule has 0 spiro atoms. The van der Waals surface area contributed by atoms with Gasteiger partial charge in [0.1, 0.15) is 0 Å². The first kappa shape index (κ1) is 12.0. The summed E-state index contributed by atoms with van der Waals surface area (Å²) in [6.07, 6.45) is 1.96. The topological polar surface area (TPSA) is 17.8 Å². The first-order valence-corrected chi connectivity index (χ1v) is 5.83. The minimum Gasteiger partial charge on any atom is -0.241 e. The first-order valence-electron chi connectivity index (χ1n) is 5.04. The van der Waals surface area contributed by atoms with E-state index in [1.165, 1.54) is 0 Å². The summed E-state index contributed by atoms with van der Waals surface area (Å²) < 4.78 is 2.93. The number of aryl methyl sites for hydroxylation is 1. The van der Waals surface area contributed by atoms with Crippen molar-refractivity contribution in [2.45, 2.75) is 20.8 Å². The molecular formula is C12H15BrN2. The summed E-state index contributed by atoms with van der Waals surface area (Å²) in [5, 5.41) is 4.32. The SMILES string of the molecule is CC.Cc1ccn(-c2cccc(Br)c2)n1. The van der Waals surface area contributed by atoms with Gasteiger partial charge in [-0.1, -0.05) is 35.8 Å². The number of halogens is 1. The van der Waals surface area contributed by atoms with E-state index in [0.29, 0.717) is 0 Å². The maximum atomic E-state index is 4.32. The van der Waals surface area contributed by atoms with Gasteiger partial charge in [-0.2, -0.15) is 5.10 Å². The molecule has 1 heterocycles. The van der Waals surface area contributed by atoms with Gasteiger partial charge in [0.2, 0.25) is 0 Å². The highest BCUT2D eigenvalue weighted by Gasteiger charge is 1.97. The number of rotatable bonds is 1. The molecular weight excluding hydrogens is 252 g/mol. The molecule has 0 radical (unpaired) electrons. The molecule has 2 aromatic rings. The van der Waals surface area contributed by atoms with Crippen molar-refractivity contribution < 1.29 is 0 Å². The van der Waals surface area contributed by atoms with Gasteiger partial charge in [-0.05, 0) is 31.2 Å². The normalized spacial score (nSPS) is 9.33. The van der Waals surface area contributed by atoms with E-state index in [1.807, 2.05) is 62.0 Å². The van der Waals surface area contributed by atoms with Gasteiger partial charge in [-0.25, -0.2) is 4.68 Å². The highest BCUT2D eigenvalue weighted by molar-refractivity contribution is 9.10. The van der Waals surface area contributed by atoms with Gasteiger partial charge in [0.15, 0.2) is 0 Å². The van der Waals surface area contributed by atoms with Crippen LogP contribution in [0.4, 0.5) is 0 Å². The minimum atomic E-state index is 1.03. The van der Waals surface area contributed by atoms with E-state index >= 15 is 0 Å². The molecule has 0 atom stereocenters. The molecule has 1 aromatic carbocycles. The number of hydrogen-bond acceptors (Lipinski definition) is 1. The van der Waals surface area contributed by atoms with Crippen molar-refractivity contribution in [2.75, 3.05) is 0 Å². The zero-order valence-electron chi connectivity index (χ0n) is 9.24. The van der Waals surface area contributed by atoms with Gasteiger partial charge in [-0.15, -0.1) is 0 Å². The Balaban J connectivity index is 0.000000531. The largest absolute Gasteiger partial charge is 0.241 e. The van der Waals surface area contributed by atoms with Gasteiger partial charge in [0.05, 0.1) is 11.4 Å². The predicted molar refractivity (Wildman–Crippen MR) is 67.3 cm³/mol. The molecule has 0 fully saturated rings. The first-order chi connectivity index (χ1) is 7.25. The van der Waals surface area contributed by atoms with E-state index in [1.54, 1.807) is 0 Å². The Morgan fingerprint density at radius 2 is 1.93 bits per heavy atom. The molecule has 2 rings (SSSR count). The average molecular weight is 267 g/mol. The van der Waals surface area contributed by atoms with E-state index in [2.05, 4.69) is 21.0 Å². The molecule has 0 unspecified atom stereocenters. The summed E-state index contributed by atoms with van der Waals surface area (Å²) >= 11 is 3.43. The number of hydrogen-bond donors (Lipinski definition) is 0. The molecule has 0 N–H and O–H groups in total. The van der Waals surface area contributed by atoms with Crippen molar-refractivity contribution in [3.8, 4) is 5.69 Å². The lowest BCUT2D eigenvalue weighted by atomic mass is 10.3. The number of aromatic nitrogens is 2. The zero-order chi connectivity index (χ0) is 11.3. The van der Waals surface area contributed by atoms with E-state index in [9.17, 15) is 0 Å². The van der Waals surface area contributed by atoms with E-state index in [0.717, 1.165) is 15.9 Å². The Morgan fingerprint density at radius 3 is 2.47 bits per heavy atom. The van der Waals surface area contributed by atoms with Crippen LogP contribution in [0, 0.1) is 6.92 Å². The highest BCUT2D eigenvalue weighted by atomic mass is 79.9. The Morgan fingerprint density at radius 1 is 1.20 bits per heavy atom. The number of nitrogens with zero attached hydrogens (tertiary/aromatic N) is 2. The van der Waals surface area contributed by atoms with Gasteiger partial charge in [-0.3, -0.25) is 0 Å². The maximum absolute atomic E-state index is 4.32. The summed E-state index contributed by atoms with van der Waals surface area (Å²) in [5.74, 6) is 0. The molecule has 0 aliphatic rings. The van der Waals surface area contributed by atoms with Crippen molar-refractivity contribution in [3.63, 3.8) is 0 Å². The molecule has 15 heavy (non-hydrogen) atoms. The second kappa shape index (κ2) is 5.71. The molecule has 2 nitrogen and oxygen atoms in total. The molecule has 0 amide bonds. The summed E-state index contributed by atoms with van der Waals surface area (Å²) in [7, 11) is 0. The maximum Gasteiger partial charge on any atom is 0.0656 e. The van der Waals surface area contributed by atoms with Crippen LogP contribution in [0.25, 0.3) is 5.69 Å². The average Bonchev–Trinajstić information content (AvgIpc) is 2.68. The molecule has 1 aromatic heterocycles. The van der Waals surface area contributed by atoms with Crippen LogP contribution in [-0.4, -0.2) is 9.78 Å². The molecule has 0 aliphatic heterocycles. The monoisotopic (exact) mass is 266 g/mol. The van der Waals surface area contributed by atoms with Gasteiger partial charge < -0.3 is 0 Å². The molecule has 0 saturated heterocycles. The van der Waals surface area contributed by atoms with Crippen LogP contribution in [0.15, 0.2) is 41.0 Å². The molecule has 0 aliphatic carbocycles. The Hall–Kier alpha value is -1.09. The van der Waals surface area contributed by atoms with E-state index < -0.39 is 0 Å². The zero-order valence-corrected chi connectivity index (χ0v) is 10.8. The summed E-state index contributed by atoms with van der Waals surface area (Å²) in [6.45, 7) is 5.98. The van der Waals surface area contributed by atoms with Gasteiger partial charge in [0.25, 0.3) is 0 Å². The van der Waals surface area contributed by atoms with E-state index in [-0.39, 0.29) is 0 Å². The van der Waals surface area contributed by atoms with Crippen LogP contribution in [0.1, 0.15) is 19.5 Å². The van der Waals surface area contributed by atoms with Crippen molar-refractivity contribution in [1.82, 2.24) is 9.78 Å². The fourth-order valence-electron chi connectivity index (χ4n) is 1.18. The van der Waals surface area contributed by atoms with Crippen LogP contribution in [0.5, 0.6) is 0 Å². The van der Waals surface area contributed by atoms with Crippen LogP contribution in [0.2, 0.25) is 0 Å². The van der Waals surface area contributed by atoms with E-state index in [4.69, 9.17) is 0 Å². The van der Waals surface area contributed by atoms with Crippen LogP contribution in [0.3, 0.4) is 0 Å². The third-order valence-electron chi connectivity index (χ3n) is 1.80. The Bertz CT molecular complexity index is 421. The summed E-state index contributed by atoms with van der Waals surface area (Å²) in [6, 6.07) is 10.0. The van der Waals surface area contributed by atoms with Crippen molar-refractivity contribution in [1.29, 1.82) is 0 Å². The van der Waals surface area contributed by atoms with Crippen LogP contribution in [-0.2, 0) is 0 Å². The predicted octanol–water partition coefficient (Wildman–Crippen LogP) is 3.97. The minimum absolute atomic E-state index is 1.03. The molecule has 3 heteroatoms. The molecule has 0 saturated carbocycles. The highest BCUT2D eigenvalue weighted by Crippen LogP contribution is 2.14. The standard InChI is InChI=1S/C10H9BrN2.C2H6/c1-8-5-6-13(12-8)10-4-2-3-9(11)7-10;1-2/h2-7H,1H3;1-2H3. The number of benzene rings is 1. The smallest absolute Gasteiger partial charge is 0.0656 e. The third kappa shape index (κ3) is 3.20. The summed E-state index contributed by atoms with van der Waals surface area (Å²) in [4.78, 5) is 0. The van der Waals surface area contributed by atoms with Crippen molar-refractivity contribution in [2.24, 2.45) is 0 Å². The van der Waals surface area contributed by atoms with Crippen molar-refractivity contribution in [3.05, 3.63) is 46.7 Å². The fourth-order valence-corrected chi connectivity index (χ4v) is 1.56.